The van der Waals surface area contributed by atoms with Crippen LogP contribution in [0.15, 0.2) is 18.2 Å². The van der Waals surface area contributed by atoms with Crippen LogP contribution in [0.2, 0.25) is 0 Å². The third kappa shape index (κ3) is 1.58. The van der Waals surface area contributed by atoms with Crippen molar-refractivity contribution in [2.24, 2.45) is 5.41 Å². The van der Waals surface area contributed by atoms with Gasteiger partial charge >= 0.3 is 0 Å². The second kappa shape index (κ2) is 3.43. The summed E-state index contributed by atoms with van der Waals surface area (Å²) in [5.41, 5.74) is -0.397. The van der Waals surface area contributed by atoms with E-state index in [0.717, 1.165) is 0 Å². The molecule has 0 heterocycles. The third-order valence-electron chi connectivity index (χ3n) is 3.88. The lowest BCUT2D eigenvalue weighted by atomic mass is 9.87. The number of nitro groups is 1. The van der Waals surface area contributed by atoms with Crippen LogP contribution in [0, 0.1) is 15.5 Å². The molecule has 2 N–H and O–H groups in total. The Hall–Kier alpha value is -1.62. The maximum absolute atomic E-state index is 11.0. The predicted octanol–water partition coefficient (Wildman–Crippen LogP) is 1.96. The molecule has 92 valence electrons. The first kappa shape index (κ1) is 11.9. The van der Waals surface area contributed by atoms with E-state index in [9.17, 15) is 20.3 Å². The maximum atomic E-state index is 11.0. The fraction of sp³-hybridized carbons (Fsp3) is 0.500. The first-order valence-corrected chi connectivity index (χ1v) is 5.43. The van der Waals surface area contributed by atoms with E-state index in [4.69, 9.17) is 0 Å². The van der Waals surface area contributed by atoms with E-state index in [1.54, 1.807) is 0 Å². The molecule has 1 fully saturated rings. The molecule has 0 amide bonds. The van der Waals surface area contributed by atoms with Crippen LogP contribution in [0.5, 0.6) is 5.75 Å². The molecule has 1 aromatic rings. The van der Waals surface area contributed by atoms with E-state index in [2.05, 4.69) is 0 Å². The standard InChI is InChI=1S/C12H15NO4/c1-11(2)6-12(11,7-14)9-5-8(15)3-4-10(9)13(16)17/h3-5,14-15H,6-7H2,1-2H3. The molecule has 1 aromatic carbocycles. The van der Waals surface area contributed by atoms with Crippen LogP contribution in [0.1, 0.15) is 25.8 Å². The molecule has 5 heteroatoms. The van der Waals surface area contributed by atoms with Crippen molar-refractivity contribution in [3.8, 4) is 5.75 Å². The second-order valence-electron chi connectivity index (χ2n) is 5.26. The first-order chi connectivity index (χ1) is 7.84. The molecular weight excluding hydrogens is 222 g/mol. The fourth-order valence-electron chi connectivity index (χ4n) is 2.59. The topological polar surface area (TPSA) is 83.6 Å². The van der Waals surface area contributed by atoms with Gasteiger partial charge in [0.25, 0.3) is 5.69 Å². The van der Waals surface area contributed by atoms with Crippen LogP contribution in [-0.4, -0.2) is 21.7 Å². The molecule has 0 aromatic heterocycles. The number of aliphatic hydroxyl groups excluding tert-OH is 1. The zero-order valence-electron chi connectivity index (χ0n) is 9.80. The van der Waals surface area contributed by atoms with Gasteiger partial charge in [-0.2, -0.15) is 0 Å². The van der Waals surface area contributed by atoms with Gasteiger partial charge in [-0.25, -0.2) is 0 Å². The Balaban J connectivity index is 2.59. The highest BCUT2D eigenvalue weighted by Crippen LogP contribution is 2.65. The number of hydrogen-bond donors (Lipinski definition) is 2. The highest BCUT2D eigenvalue weighted by Gasteiger charge is 2.63. The SMILES string of the molecule is CC1(C)CC1(CO)c1cc(O)ccc1[N+](=O)[O-]. The minimum absolute atomic E-state index is 0.0128. The summed E-state index contributed by atoms with van der Waals surface area (Å²) in [6.45, 7) is 3.76. The summed E-state index contributed by atoms with van der Waals surface area (Å²) in [7, 11) is 0. The molecule has 5 nitrogen and oxygen atoms in total. The molecule has 0 bridgehead atoms. The molecule has 1 unspecified atom stereocenters. The summed E-state index contributed by atoms with van der Waals surface area (Å²) in [4.78, 5) is 10.5. The number of nitro benzene ring substituents is 1. The van der Waals surface area contributed by atoms with Gasteiger partial charge in [-0.1, -0.05) is 13.8 Å². The van der Waals surface area contributed by atoms with E-state index in [1.807, 2.05) is 13.8 Å². The fourth-order valence-corrected chi connectivity index (χ4v) is 2.59. The highest BCUT2D eigenvalue weighted by atomic mass is 16.6. The monoisotopic (exact) mass is 237 g/mol. The molecule has 1 atom stereocenters. The zero-order valence-corrected chi connectivity index (χ0v) is 9.80. The Bertz CT molecular complexity index is 483. The molecule has 1 aliphatic rings. The molecule has 2 rings (SSSR count). The van der Waals surface area contributed by atoms with Gasteiger partial charge in [-0.15, -0.1) is 0 Å². The lowest BCUT2D eigenvalue weighted by Crippen LogP contribution is -2.20. The third-order valence-corrected chi connectivity index (χ3v) is 3.88. The van der Waals surface area contributed by atoms with Gasteiger partial charge < -0.3 is 10.2 Å². The zero-order chi connectivity index (χ0) is 12.8. The Kier molecular flexibility index (Phi) is 2.39. The van der Waals surface area contributed by atoms with E-state index in [1.165, 1.54) is 18.2 Å². The smallest absolute Gasteiger partial charge is 0.273 e. The van der Waals surface area contributed by atoms with Crippen LogP contribution >= 0.6 is 0 Å². The molecule has 0 radical (unpaired) electrons. The Morgan fingerprint density at radius 2 is 2.06 bits per heavy atom. The lowest BCUT2D eigenvalue weighted by Gasteiger charge is -2.18. The highest BCUT2D eigenvalue weighted by molar-refractivity contribution is 5.53. The second-order valence-corrected chi connectivity index (χ2v) is 5.26. The largest absolute Gasteiger partial charge is 0.508 e. The van der Waals surface area contributed by atoms with E-state index in [0.29, 0.717) is 12.0 Å². The molecule has 1 aliphatic carbocycles. The van der Waals surface area contributed by atoms with Crippen molar-refractivity contribution in [2.75, 3.05) is 6.61 Å². The lowest BCUT2D eigenvalue weighted by molar-refractivity contribution is -0.386. The average Bonchev–Trinajstić information content (AvgIpc) is 2.81. The van der Waals surface area contributed by atoms with Gasteiger partial charge in [0.15, 0.2) is 0 Å². The van der Waals surface area contributed by atoms with Crippen LogP contribution in [0.4, 0.5) is 5.69 Å². The van der Waals surface area contributed by atoms with E-state index >= 15 is 0 Å². The molecule has 1 saturated carbocycles. The number of benzene rings is 1. The normalized spacial score (nSPS) is 25.6. The molecule has 0 aliphatic heterocycles. The van der Waals surface area contributed by atoms with Crippen molar-refractivity contribution < 1.29 is 15.1 Å². The van der Waals surface area contributed by atoms with Crippen molar-refractivity contribution in [1.29, 1.82) is 0 Å². The van der Waals surface area contributed by atoms with Crippen LogP contribution in [0.25, 0.3) is 0 Å². The Morgan fingerprint density at radius 1 is 1.47 bits per heavy atom. The number of hydrogen-bond acceptors (Lipinski definition) is 4. The summed E-state index contributed by atoms with van der Waals surface area (Å²) in [5.74, 6) is -0.0128. The van der Waals surface area contributed by atoms with Gasteiger partial charge in [0.2, 0.25) is 0 Å². The van der Waals surface area contributed by atoms with Gasteiger partial charge in [0.1, 0.15) is 5.75 Å². The maximum Gasteiger partial charge on any atom is 0.273 e. The van der Waals surface area contributed by atoms with Crippen molar-refractivity contribution in [2.45, 2.75) is 25.7 Å². The number of nitrogens with zero attached hydrogens (tertiary/aromatic N) is 1. The van der Waals surface area contributed by atoms with E-state index in [-0.39, 0.29) is 23.5 Å². The van der Waals surface area contributed by atoms with Gasteiger partial charge in [0, 0.05) is 17.0 Å². The van der Waals surface area contributed by atoms with Crippen LogP contribution in [-0.2, 0) is 5.41 Å². The van der Waals surface area contributed by atoms with Crippen molar-refractivity contribution in [3.63, 3.8) is 0 Å². The van der Waals surface area contributed by atoms with Gasteiger partial charge in [-0.05, 0) is 24.0 Å². The summed E-state index contributed by atoms with van der Waals surface area (Å²) < 4.78 is 0. The van der Waals surface area contributed by atoms with Crippen LogP contribution in [0.3, 0.4) is 0 Å². The summed E-state index contributed by atoms with van der Waals surface area (Å²) in [6.07, 6.45) is 0.681. The quantitative estimate of drug-likeness (QED) is 0.621. The summed E-state index contributed by atoms with van der Waals surface area (Å²) >= 11 is 0. The Labute approximate surface area is 98.9 Å². The minimum atomic E-state index is -0.603. The first-order valence-electron chi connectivity index (χ1n) is 5.43. The molecule has 17 heavy (non-hydrogen) atoms. The number of phenolic OH excluding ortho intramolecular Hbond substituents is 1. The number of rotatable bonds is 3. The average molecular weight is 237 g/mol. The van der Waals surface area contributed by atoms with Crippen molar-refractivity contribution in [3.05, 3.63) is 33.9 Å². The van der Waals surface area contributed by atoms with Gasteiger partial charge in [0.05, 0.1) is 11.5 Å². The predicted molar refractivity (Wildman–Crippen MR) is 61.9 cm³/mol. The summed E-state index contributed by atoms with van der Waals surface area (Å²) in [6, 6.07) is 3.97. The summed E-state index contributed by atoms with van der Waals surface area (Å²) in [5, 5.41) is 30.0. The number of aliphatic hydroxyl groups is 1. The molecule has 0 spiro atoms. The van der Waals surface area contributed by atoms with Crippen LogP contribution < -0.4 is 0 Å². The van der Waals surface area contributed by atoms with Crippen molar-refractivity contribution in [1.82, 2.24) is 0 Å². The van der Waals surface area contributed by atoms with E-state index < -0.39 is 10.3 Å². The molecular formula is C12H15NO4. The number of aromatic hydroxyl groups is 1. The molecule has 0 saturated heterocycles. The van der Waals surface area contributed by atoms with Gasteiger partial charge in [-0.3, -0.25) is 10.1 Å². The van der Waals surface area contributed by atoms with Crippen molar-refractivity contribution >= 4 is 5.69 Å². The Morgan fingerprint density at radius 3 is 2.47 bits per heavy atom. The number of phenols is 1. The minimum Gasteiger partial charge on any atom is -0.508 e.